The molecule has 0 fully saturated rings. The van der Waals surface area contributed by atoms with Gasteiger partial charge in [0.25, 0.3) is 0 Å². The minimum absolute atomic E-state index is 0.292. The van der Waals surface area contributed by atoms with Gasteiger partial charge in [0.15, 0.2) is 0 Å². The molecule has 0 aliphatic carbocycles. The maximum atomic E-state index is 9.84. The van der Waals surface area contributed by atoms with Gasteiger partial charge in [-0.15, -0.1) is 0 Å². The van der Waals surface area contributed by atoms with E-state index in [-0.39, 0.29) is 0 Å². The van der Waals surface area contributed by atoms with E-state index in [9.17, 15) is 5.11 Å². The van der Waals surface area contributed by atoms with Crippen molar-refractivity contribution in [2.24, 2.45) is 5.73 Å². The third-order valence-corrected chi connectivity index (χ3v) is 3.63. The largest absolute Gasteiger partial charge is 0.491 e. The van der Waals surface area contributed by atoms with Crippen molar-refractivity contribution in [3.05, 3.63) is 36.0 Å². The smallest absolute Gasteiger partial charge is 0.145 e. The number of rotatable bonds is 7. The number of unbranched alkanes of at least 4 members (excludes halogenated alkanes) is 1. The molecule has 4 nitrogen and oxygen atoms in total. The number of fused-ring (bicyclic) bond motifs is 1. The highest BCUT2D eigenvalue weighted by Gasteiger charge is 2.16. The van der Waals surface area contributed by atoms with Gasteiger partial charge in [0.2, 0.25) is 0 Å². The monoisotopic (exact) mass is 288 g/mol. The average molecular weight is 288 g/mol. The first-order valence-corrected chi connectivity index (χ1v) is 7.43. The molecule has 0 bridgehead atoms. The van der Waals surface area contributed by atoms with Crippen LogP contribution in [0.5, 0.6) is 5.75 Å². The van der Waals surface area contributed by atoms with Crippen LogP contribution >= 0.6 is 0 Å². The first-order valence-electron chi connectivity index (χ1n) is 7.43. The predicted molar refractivity (Wildman–Crippen MR) is 85.5 cm³/mol. The van der Waals surface area contributed by atoms with Crippen LogP contribution in [-0.2, 0) is 0 Å². The van der Waals surface area contributed by atoms with E-state index in [1.807, 2.05) is 31.2 Å². The number of ether oxygens (including phenoxy) is 1. The topological polar surface area (TPSA) is 68.4 Å². The summed E-state index contributed by atoms with van der Waals surface area (Å²) in [5, 5.41) is 10.9. The molecule has 1 atom stereocenters. The normalized spacial score (nSPS) is 14.1. The van der Waals surface area contributed by atoms with E-state index in [1.54, 1.807) is 6.92 Å². The second-order valence-electron chi connectivity index (χ2n) is 5.79. The number of nitrogens with two attached hydrogens (primary N) is 1. The van der Waals surface area contributed by atoms with Crippen molar-refractivity contribution in [1.82, 2.24) is 4.98 Å². The summed E-state index contributed by atoms with van der Waals surface area (Å²) < 4.78 is 5.85. The van der Waals surface area contributed by atoms with Crippen LogP contribution in [0, 0.1) is 6.92 Å². The fourth-order valence-electron chi connectivity index (χ4n) is 2.23. The Morgan fingerprint density at radius 1 is 1.24 bits per heavy atom. The van der Waals surface area contributed by atoms with E-state index >= 15 is 0 Å². The number of nitrogens with zero attached hydrogens (tertiary/aromatic N) is 1. The van der Waals surface area contributed by atoms with Gasteiger partial charge in [-0.1, -0.05) is 18.2 Å². The summed E-state index contributed by atoms with van der Waals surface area (Å²) in [5.74, 6) is 0.821. The summed E-state index contributed by atoms with van der Waals surface area (Å²) >= 11 is 0. The Kier molecular flexibility index (Phi) is 5.15. The molecular weight excluding hydrogens is 264 g/mol. The molecule has 114 valence electrons. The number of aliphatic hydroxyl groups is 1. The number of aryl methyl sites for hydroxylation is 1. The van der Waals surface area contributed by atoms with Gasteiger partial charge in [-0.25, -0.2) is 4.98 Å². The van der Waals surface area contributed by atoms with Crippen LogP contribution in [0.3, 0.4) is 0 Å². The number of hydrogen-bond donors (Lipinski definition) is 2. The lowest BCUT2D eigenvalue weighted by Crippen LogP contribution is -2.33. The Balaban J connectivity index is 1.91. The van der Waals surface area contributed by atoms with E-state index in [2.05, 4.69) is 11.1 Å². The van der Waals surface area contributed by atoms with Gasteiger partial charge in [0.05, 0.1) is 12.2 Å². The van der Waals surface area contributed by atoms with Crippen molar-refractivity contribution >= 4 is 10.9 Å². The average Bonchev–Trinajstić information content (AvgIpc) is 2.47. The summed E-state index contributed by atoms with van der Waals surface area (Å²) in [6.07, 6.45) is 2.47. The molecule has 4 heteroatoms. The van der Waals surface area contributed by atoms with Crippen LogP contribution in [0.2, 0.25) is 0 Å². The molecule has 3 N–H and O–H groups in total. The fraction of sp³-hybridized carbons (Fsp3) is 0.471. The molecule has 0 aliphatic heterocycles. The molecule has 0 spiro atoms. The van der Waals surface area contributed by atoms with E-state index in [4.69, 9.17) is 10.5 Å². The zero-order valence-corrected chi connectivity index (χ0v) is 12.8. The lowest BCUT2D eigenvalue weighted by molar-refractivity contribution is 0.0562. The van der Waals surface area contributed by atoms with Crippen LogP contribution < -0.4 is 10.5 Å². The number of aromatic nitrogens is 1. The molecule has 21 heavy (non-hydrogen) atoms. The summed E-state index contributed by atoms with van der Waals surface area (Å²) in [5.41, 5.74) is 6.63. The van der Waals surface area contributed by atoms with Crippen LogP contribution in [0.15, 0.2) is 30.3 Å². The van der Waals surface area contributed by atoms with E-state index in [1.165, 1.54) is 0 Å². The Hall–Kier alpha value is -1.65. The molecule has 1 unspecified atom stereocenters. The molecule has 1 heterocycles. The van der Waals surface area contributed by atoms with E-state index in [0.717, 1.165) is 35.2 Å². The molecule has 0 amide bonds. The van der Waals surface area contributed by atoms with Crippen molar-refractivity contribution < 1.29 is 9.84 Å². The van der Waals surface area contributed by atoms with Crippen molar-refractivity contribution in [3.8, 4) is 5.75 Å². The third kappa shape index (κ3) is 4.41. The zero-order valence-electron chi connectivity index (χ0n) is 12.8. The highest BCUT2D eigenvalue weighted by Crippen LogP contribution is 2.24. The van der Waals surface area contributed by atoms with Crippen LogP contribution in [0.4, 0.5) is 0 Å². The molecule has 1 aromatic carbocycles. The summed E-state index contributed by atoms with van der Waals surface area (Å²) in [4.78, 5) is 4.55. The van der Waals surface area contributed by atoms with Gasteiger partial charge >= 0.3 is 0 Å². The predicted octanol–water partition coefficient (Wildman–Crippen LogP) is 2.80. The molecular formula is C17H24N2O2. The third-order valence-electron chi connectivity index (χ3n) is 3.63. The van der Waals surface area contributed by atoms with Gasteiger partial charge in [0.1, 0.15) is 11.3 Å². The molecule has 2 aromatic rings. The standard InChI is InChI=1S/C17H24N2O2/c1-13-8-9-14-6-5-7-15(16(14)19-13)21-11-4-3-10-17(2,20)12-18/h5-9,20H,3-4,10-12,18H2,1-2H3. The summed E-state index contributed by atoms with van der Waals surface area (Å²) in [6.45, 7) is 4.66. The van der Waals surface area contributed by atoms with Gasteiger partial charge in [-0.05, 0) is 45.2 Å². The lowest BCUT2D eigenvalue weighted by Gasteiger charge is -2.20. The maximum absolute atomic E-state index is 9.84. The van der Waals surface area contributed by atoms with Crippen LogP contribution in [0.1, 0.15) is 31.9 Å². The summed E-state index contributed by atoms with van der Waals surface area (Å²) in [6, 6.07) is 10.0. The number of hydrogen-bond acceptors (Lipinski definition) is 4. The molecule has 0 saturated heterocycles. The Morgan fingerprint density at radius 3 is 2.81 bits per heavy atom. The molecule has 0 radical (unpaired) electrons. The first-order chi connectivity index (χ1) is 10.0. The second-order valence-corrected chi connectivity index (χ2v) is 5.79. The van der Waals surface area contributed by atoms with E-state index in [0.29, 0.717) is 19.6 Å². The van der Waals surface area contributed by atoms with Crippen molar-refractivity contribution in [3.63, 3.8) is 0 Å². The van der Waals surface area contributed by atoms with Gasteiger partial charge in [-0.2, -0.15) is 0 Å². The maximum Gasteiger partial charge on any atom is 0.145 e. The molecule has 1 aromatic heterocycles. The Morgan fingerprint density at radius 2 is 2.05 bits per heavy atom. The number of para-hydroxylation sites is 1. The molecule has 2 rings (SSSR count). The minimum Gasteiger partial charge on any atom is -0.491 e. The van der Waals surface area contributed by atoms with Crippen LogP contribution in [0.25, 0.3) is 10.9 Å². The molecule has 0 saturated carbocycles. The van der Waals surface area contributed by atoms with Crippen molar-refractivity contribution in [1.29, 1.82) is 0 Å². The van der Waals surface area contributed by atoms with Crippen molar-refractivity contribution in [2.75, 3.05) is 13.2 Å². The van der Waals surface area contributed by atoms with Gasteiger partial charge < -0.3 is 15.6 Å². The highest BCUT2D eigenvalue weighted by molar-refractivity contribution is 5.84. The zero-order chi connectivity index (χ0) is 15.3. The molecule has 0 aliphatic rings. The summed E-state index contributed by atoms with van der Waals surface area (Å²) in [7, 11) is 0. The van der Waals surface area contributed by atoms with Gasteiger partial charge in [-0.3, -0.25) is 0 Å². The minimum atomic E-state index is -0.766. The van der Waals surface area contributed by atoms with E-state index < -0.39 is 5.60 Å². The Bertz CT molecular complexity index is 596. The Labute approximate surface area is 125 Å². The number of benzene rings is 1. The van der Waals surface area contributed by atoms with Gasteiger partial charge in [0, 0.05) is 17.6 Å². The fourth-order valence-corrected chi connectivity index (χ4v) is 2.23. The second kappa shape index (κ2) is 6.87. The highest BCUT2D eigenvalue weighted by atomic mass is 16.5. The SMILES string of the molecule is Cc1ccc2cccc(OCCCCC(C)(O)CN)c2n1. The van der Waals surface area contributed by atoms with Crippen LogP contribution in [-0.4, -0.2) is 28.8 Å². The number of pyridine rings is 1. The first kappa shape index (κ1) is 15.7. The quantitative estimate of drug-likeness (QED) is 0.769. The van der Waals surface area contributed by atoms with Crippen molar-refractivity contribution in [2.45, 2.75) is 38.7 Å². The lowest BCUT2D eigenvalue weighted by atomic mass is 10.00.